The van der Waals surface area contributed by atoms with E-state index in [1.165, 1.54) is 12.5 Å². The summed E-state index contributed by atoms with van der Waals surface area (Å²) in [7, 11) is 0. The lowest BCUT2D eigenvalue weighted by Gasteiger charge is -2.21. The van der Waals surface area contributed by atoms with Crippen LogP contribution in [0.25, 0.3) is 0 Å². The van der Waals surface area contributed by atoms with Crippen LogP contribution < -0.4 is 5.32 Å². The van der Waals surface area contributed by atoms with Gasteiger partial charge in [-0.2, -0.15) is 0 Å². The SMILES string of the molecule is CCNC1CCCCC(c2cccc(F)c2F)C1. The van der Waals surface area contributed by atoms with Gasteiger partial charge in [-0.25, -0.2) is 8.78 Å². The Bertz CT molecular complexity index is 392. The summed E-state index contributed by atoms with van der Waals surface area (Å²) in [6, 6.07) is 4.97. The molecular weight excluding hydrogens is 232 g/mol. The third-order valence-corrected chi connectivity index (χ3v) is 3.84. The van der Waals surface area contributed by atoms with E-state index >= 15 is 0 Å². The van der Waals surface area contributed by atoms with Gasteiger partial charge in [0.2, 0.25) is 0 Å². The van der Waals surface area contributed by atoms with Crippen molar-refractivity contribution in [3.8, 4) is 0 Å². The summed E-state index contributed by atoms with van der Waals surface area (Å²) in [5, 5.41) is 3.44. The Balaban J connectivity index is 2.17. The van der Waals surface area contributed by atoms with E-state index in [0.29, 0.717) is 11.6 Å². The number of hydrogen-bond acceptors (Lipinski definition) is 1. The van der Waals surface area contributed by atoms with Crippen LogP contribution in [0.5, 0.6) is 0 Å². The molecule has 0 bridgehead atoms. The van der Waals surface area contributed by atoms with E-state index in [9.17, 15) is 8.78 Å². The van der Waals surface area contributed by atoms with E-state index in [4.69, 9.17) is 0 Å². The summed E-state index contributed by atoms with van der Waals surface area (Å²) in [4.78, 5) is 0. The van der Waals surface area contributed by atoms with Gasteiger partial charge in [-0.3, -0.25) is 0 Å². The highest BCUT2D eigenvalue weighted by atomic mass is 19.2. The first-order valence-electron chi connectivity index (χ1n) is 6.89. The molecule has 0 aliphatic heterocycles. The molecule has 0 amide bonds. The Morgan fingerprint density at radius 2 is 2.00 bits per heavy atom. The predicted octanol–water partition coefficient (Wildman–Crippen LogP) is 3.99. The Kier molecular flexibility index (Phi) is 4.70. The Hall–Kier alpha value is -0.960. The van der Waals surface area contributed by atoms with Gasteiger partial charge in [0, 0.05) is 6.04 Å². The lowest BCUT2D eigenvalue weighted by Crippen LogP contribution is -2.29. The van der Waals surface area contributed by atoms with Crippen LogP contribution in [0.1, 0.15) is 50.5 Å². The van der Waals surface area contributed by atoms with Gasteiger partial charge in [-0.05, 0) is 43.4 Å². The largest absolute Gasteiger partial charge is 0.314 e. The molecule has 1 fully saturated rings. The maximum absolute atomic E-state index is 13.8. The molecule has 2 unspecified atom stereocenters. The minimum absolute atomic E-state index is 0.146. The normalized spacial score (nSPS) is 24.8. The lowest BCUT2D eigenvalue weighted by atomic mass is 9.90. The van der Waals surface area contributed by atoms with Crippen LogP contribution in [-0.4, -0.2) is 12.6 Å². The highest BCUT2D eigenvalue weighted by Crippen LogP contribution is 2.33. The lowest BCUT2D eigenvalue weighted by molar-refractivity contribution is 0.431. The average molecular weight is 253 g/mol. The van der Waals surface area contributed by atoms with Gasteiger partial charge in [0.1, 0.15) is 0 Å². The van der Waals surface area contributed by atoms with Crippen molar-refractivity contribution in [2.45, 2.75) is 51.0 Å². The first kappa shape index (κ1) is 13.5. The molecule has 1 aliphatic rings. The molecule has 1 aliphatic carbocycles. The molecule has 1 nitrogen and oxygen atoms in total. The van der Waals surface area contributed by atoms with E-state index in [0.717, 1.165) is 32.2 Å². The molecule has 1 aromatic rings. The zero-order chi connectivity index (χ0) is 13.0. The summed E-state index contributed by atoms with van der Waals surface area (Å²) >= 11 is 0. The standard InChI is InChI=1S/C15H21F2N/c1-2-18-12-7-4-3-6-11(10-12)13-8-5-9-14(16)15(13)17/h5,8-9,11-12,18H,2-4,6-7,10H2,1H3. The summed E-state index contributed by atoms with van der Waals surface area (Å²) < 4.78 is 27.1. The van der Waals surface area contributed by atoms with Crippen molar-refractivity contribution < 1.29 is 8.78 Å². The van der Waals surface area contributed by atoms with E-state index in [2.05, 4.69) is 12.2 Å². The van der Waals surface area contributed by atoms with Gasteiger partial charge in [-0.15, -0.1) is 0 Å². The molecule has 1 aromatic carbocycles. The molecule has 0 radical (unpaired) electrons. The minimum atomic E-state index is -0.725. The van der Waals surface area contributed by atoms with Crippen LogP contribution >= 0.6 is 0 Å². The molecule has 0 aromatic heterocycles. The molecule has 0 heterocycles. The number of benzene rings is 1. The van der Waals surface area contributed by atoms with Gasteiger partial charge >= 0.3 is 0 Å². The number of hydrogen-bond donors (Lipinski definition) is 1. The molecular formula is C15H21F2N. The molecule has 0 spiro atoms. The Morgan fingerprint density at radius 1 is 1.22 bits per heavy atom. The van der Waals surface area contributed by atoms with E-state index in [1.807, 2.05) is 0 Å². The fraction of sp³-hybridized carbons (Fsp3) is 0.600. The topological polar surface area (TPSA) is 12.0 Å². The van der Waals surface area contributed by atoms with E-state index in [1.54, 1.807) is 12.1 Å². The summed E-state index contributed by atoms with van der Waals surface area (Å²) in [6.07, 6.45) is 5.28. The molecule has 2 rings (SSSR count). The summed E-state index contributed by atoms with van der Waals surface area (Å²) in [6.45, 7) is 3.02. The highest BCUT2D eigenvalue weighted by molar-refractivity contribution is 5.23. The smallest absolute Gasteiger partial charge is 0.162 e. The zero-order valence-electron chi connectivity index (χ0n) is 10.9. The maximum atomic E-state index is 13.8. The number of nitrogens with one attached hydrogen (secondary N) is 1. The van der Waals surface area contributed by atoms with Gasteiger partial charge in [0.25, 0.3) is 0 Å². The van der Waals surface area contributed by atoms with Crippen LogP contribution in [0.3, 0.4) is 0 Å². The Morgan fingerprint density at radius 3 is 2.78 bits per heavy atom. The third kappa shape index (κ3) is 3.08. The predicted molar refractivity (Wildman–Crippen MR) is 69.6 cm³/mol. The maximum Gasteiger partial charge on any atom is 0.162 e. The fourth-order valence-corrected chi connectivity index (χ4v) is 2.95. The first-order valence-corrected chi connectivity index (χ1v) is 6.89. The van der Waals surface area contributed by atoms with Gasteiger partial charge in [-0.1, -0.05) is 31.9 Å². The molecule has 3 heteroatoms. The minimum Gasteiger partial charge on any atom is -0.314 e. The molecule has 1 saturated carbocycles. The Labute approximate surface area is 108 Å². The van der Waals surface area contributed by atoms with Gasteiger partial charge in [0.15, 0.2) is 11.6 Å². The molecule has 0 saturated heterocycles. The van der Waals surface area contributed by atoms with Crippen molar-refractivity contribution in [1.82, 2.24) is 5.32 Å². The van der Waals surface area contributed by atoms with Crippen molar-refractivity contribution in [2.75, 3.05) is 6.54 Å². The van der Waals surface area contributed by atoms with Crippen molar-refractivity contribution in [1.29, 1.82) is 0 Å². The van der Waals surface area contributed by atoms with Crippen LogP contribution in [0.4, 0.5) is 8.78 Å². The fourth-order valence-electron chi connectivity index (χ4n) is 2.95. The first-order chi connectivity index (χ1) is 8.72. The summed E-state index contributed by atoms with van der Waals surface area (Å²) in [5.74, 6) is -1.23. The number of halogens is 2. The van der Waals surface area contributed by atoms with E-state index in [-0.39, 0.29) is 5.92 Å². The molecule has 100 valence electrons. The van der Waals surface area contributed by atoms with Crippen molar-refractivity contribution in [2.24, 2.45) is 0 Å². The monoisotopic (exact) mass is 253 g/mol. The number of rotatable bonds is 3. The third-order valence-electron chi connectivity index (χ3n) is 3.84. The van der Waals surface area contributed by atoms with Crippen LogP contribution in [-0.2, 0) is 0 Å². The van der Waals surface area contributed by atoms with Crippen LogP contribution in [0.15, 0.2) is 18.2 Å². The quantitative estimate of drug-likeness (QED) is 0.803. The molecule has 18 heavy (non-hydrogen) atoms. The highest BCUT2D eigenvalue weighted by Gasteiger charge is 2.24. The van der Waals surface area contributed by atoms with Crippen molar-refractivity contribution >= 4 is 0 Å². The van der Waals surface area contributed by atoms with E-state index < -0.39 is 11.6 Å². The second-order valence-electron chi connectivity index (χ2n) is 5.11. The second-order valence-corrected chi connectivity index (χ2v) is 5.11. The van der Waals surface area contributed by atoms with Crippen molar-refractivity contribution in [3.63, 3.8) is 0 Å². The molecule has 2 atom stereocenters. The summed E-state index contributed by atoms with van der Waals surface area (Å²) in [5.41, 5.74) is 0.555. The molecule has 1 N–H and O–H groups in total. The van der Waals surface area contributed by atoms with Crippen LogP contribution in [0, 0.1) is 11.6 Å². The second kappa shape index (κ2) is 6.28. The van der Waals surface area contributed by atoms with Crippen molar-refractivity contribution in [3.05, 3.63) is 35.4 Å². The van der Waals surface area contributed by atoms with Gasteiger partial charge in [0.05, 0.1) is 0 Å². The van der Waals surface area contributed by atoms with Gasteiger partial charge < -0.3 is 5.32 Å². The van der Waals surface area contributed by atoms with Crippen LogP contribution in [0.2, 0.25) is 0 Å². The average Bonchev–Trinajstić information content (AvgIpc) is 2.59. The zero-order valence-corrected chi connectivity index (χ0v) is 10.9.